The topological polar surface area (TPSA) is 79.3 Å². The van der Waals surface area contributed by atoms with Crippen molar-refractivity contribution in [2.45, 2.75) is 24.3 Å². The predicted octanol–water partition coefficient (Wildman–Crippen LogP) is 2.28. The minimum Gasteiger partial charge on any atom is -0.507 e. The summed E-state index contributed by atoms with van der Waals surface area (Å²) in [7, 11) is -3.76. The number of para-hydroxylation sites is 1. The third-order valence-electron chi connectivity index (χ3n) is 2.61. The lowest BCUT2D eigenvalue weighted by molar-refractivity contribution is 0.456. The van der Waals surface area contributed by atoms with Gasteiger partial charge in [0, 0.05) is 11.6 Å². The number of thiazole rings is 1. The fourth-order valence-electron chi connectivity index (χ4n) is 1.65. The third-order valence-corrected chi connectivity index (χ3v) is 5.02. The van der Waals surface area contributed by atoms with Crippen LogP contribution in [-0.4, -0.2) is 18.5 Å². The second-order valence-corrected chi connectivity index (χ2v) is 6.53. The fourth-order valence-corrected chi connectivity index (χ4v) is 3.88. The molecule has 0 aliphatic heterocycles. The molecule has 2 rings (SSSR count). The van der Waals surface area contributed by atoms with Gasteiger partial charge in [-0.1, -0.05) is 19.1 Å². The first-order valence-corrected chi connectivity index (χ1v) is 8.10. The monoisotopic (exact) mass is 298 g/mol. The maximum absolute atomic E-state index is 12.2. The van der Waals surface area contributed by atoms with Crippen molar-refractivity contribution in [2.24, 2.45) is 0 Å². The van der Waals surface area contributed by atoms with Crippen molar-refractivity contribution in [3.8, 4) is 5.75 Å². The van der Waals surface area contributed by atoms with Crippen LogP contribution in [0.5, 0.6) is 5.75 Å². The molecule has 0 bridgehead atoms. The van der Waals surface area contributed by atoms with Gasteiger partial charge >= 0.3 is 0 Å². The molecule has 0 amide bonds. The molecule has 0 aliphatic carbocycles. The zero-order valence-corrected chi connectivity index (χ0v) is 11.9. The number of aromatic hydroxyl groups is 1. The van der Waals surface area contributed by atoms with Crippen LogP contribution in [0.25, 0.3) is 0 Å². The maximum Gasteiger partial charge on any atom is 0.244 e. The molecule has 0 radical (unpaired) electrons. The lowest BCUT2D eigenvalue weighted by Gasteiger charge is -2.15. The highest BCUT2D eigenvalue weighted by Gasteiger charge is 2.23. The highest BCUT2D eigenvalue weighted by Crippen LogP contribution is 2.25. The van der Waals surface area contributed by atoms with Crippen molar-refractivity contribution < 1.29 is 13.5 Å². The summed E-state index contributed by atoms with van der Waals surface area (Å²) in [6.45, 7) is 1.87. The first kappa shape index (κ1) is 14.0. The Balaban J connectivity index is 2.29. The highest BCUT2D eigenvalue weighted by molar-refractivity contribution is 7.89. The molecule has 5 nitrogen and oxygen atoms in total. The van der Waals surface area contributed by atoms with Crippen molar-refractivity contribution in [3.63, 3.8) is 0 Å². The Labute approximate surface area is 116 Å². The molecule has 0 saturated carbocycles. The van der Waals surface area contributed by atoms with E-state index in [1.165, 1.54) is 23.5 Å². The molecule has 19 heavy (non-hydrogen) atoms. The van der Waals surface area contributed by atoms with E-state index in [1.807, 2.05) is 6.92 Å². The zero-order valence-electron chi connectivity index (χ0n) is 10.3. The smallest absolute Gasteiger partial charge is 0.244 e. The number of hydrogen-bond donors (Lipinski definition) is 2. The average Bonchev–Trinajstić information content (AvgIpc) is 2.90. The molecular formula is C12H14N2O3S2. The van der Waals surface area contributed by atoms with Crippen molar-refractivity contribution in [1.82, 2.24) is 9.71 Å². The van der Waals surface area contributed by atoms with Crippen LogP contribution in [0.4, 0.5) is 0 Å². The van der Waals surface area contributed by atoms with E-state index in [0.717, 1.165) is 0 Å². The van der Waals surface area contributed by atoms with E-state index in [4.69, 9.17) is 0 Å². The number of hydrogen-bond acceptors (Lipinski definition) is 5. The summed E-state index contributed by atoms with van der Waals surface area (Å²) >= 11 is 1.40. The molecule has 0 fully saturated rings. The van der Waals surface area contributed by atoms with Gasteiger partial charge in [-0.25, -0.2) is 18.1 Å². The third kappa shape index (κ3) is 3.12. The number of sulfonamides is 1. The number of nitrogens with zero attached hydrogens (tertiary/aromatic N) is 1. The first-order chi connectivity index (χ1) is 9.04. The van der Waals surface area contributed by atoms with Gasteiger partial charge in [-0.05, 0) is 18.6 Å². The van der Waals surface area contributed by atoms with Crippen molar-refractivity contribution in [3.05, 3.63) is 40.8 Å². The summed E-state index contributed by atoms with van der Waals surface area (Å²) in [6, 6.07) is 5.47. The van der Waals surface area contributed by atoms with Crippen LogP contribution >= 0.6 is 11.3 Å². The normalized spacial score (nSPS) is 13.3. The standard InChI is InChI=1S/C12H14N2O3S2/c1-2-9(12-13-7-8-18-12)14-19(16,17)11-6-4-3-5-10(11)15/h3-9,14-15H,2H2,1H3. The van der Waals surface area contributed by atoms with E-state index >= 15 is 0 Å². The summed E-state index contributed by atoms with van der Waals surface area (Å²) in [5, 5.41) is 12.1. The van der Waals surface area contributed by atoms with Gasteiger partial charge in [0.2, 0.25) is 10.0 Å². The highest BCUT2D eigenvalue weighted by atomic mass is 32.2. The Hall–Kier alpha value is -1.44. The Morgan fingerprint density at radius 1 is 1.42 bits per heavy atom. The molecule has 1 heterocycles. The minimum absolute atomic E-state index is 0.120. The van der Waals surface area contributed by atoms with Crippen molar-refractivity contribution in [1.29, 1.82) is 0 Å². The van der Waals surface area contributed by atoms with Crippen LogP contribution < -0.4 is 4.72 Å². The van der Waals surface area contributed by atoms with Crippen LogP contribution in [0.2, 0.25) is 0 Å². The molecule has 1 aromatic heterocycles. The summed E-state index contributed by atoms with van der Waals surface area (Å²) in [5.41, 5.74) is 0. The Kier molecular flexibility index (Phi) is 4.18. The Morgan fingerprint density at radius 3 is 2.74 bits per heavy atom. The second-order valence-electron chi connectivity index (χ2n) is 3.92. The van der Waals surface area contributed by atoms with Gasteiger partial charge in [-0.3, -0.25) is 0 Å². The molecule has 1 atom stereocenters. The summed E-state index contributed by atoms with van der Waals surface area (Å²) in [6.07, 6.45) is 2.22. The molecule has 2 N–H and O–H groups in total. The maximum atomic E-state index is 12.2. The van der Waals surface area contributed by atoms with Crippen LogP contribution in [0.15, 0.2) is 40.7 Å². The van der Waals surface area contributed by atoms with Gasteiger partial charge < -0.3 is 5.11 Å². The molecular weight excluding hydrogens is 284 g/mol. The molecule has 1 aromatic carbocycles. The van der Waals surface area contributed by atoms with Gasteiger partial charge in [-0.2, -0.15) is 0 Å². The van der Waals surface area contributed by atoms with Crippen LogP contribution in [-0.2, 0) is 10.0 Å². The van der Waals surface area contributed by atoms with Gasteiger partial charge in [0.05, 0.1) is 6.04 Å². The zero-order chi connectivity index (χ0) is 13.9. The summed E-state index contributed by atoms with van der Waals surface area (Å²) in [5.74, 6) is -0.260. The molecule has 102 valence electrons. The lowest BCUT2D eigenvalue weighted by Crippen LogP contribution is -2.28. The van der Waals surface area contributed by atoms with Crippen molar-refractivity contribution >= 4 is 21.4 Å². The van der Waals surface area contributed by atoms with E-state index < -0.39 is 10.0 Å². The van der Waals surface area contributed by atoms with E-state index in [2.05, 4.69) is 9.71 Å². The number of phenols is 1. The molecule has 0 saturated heterocycles. The summed E-state index contributed by atoms with van der Waals surface area (Å²) in [4.78, 5) is 4.00. The van der Waals surface area contributed by atoms with Gasteiger partial charge in [0.25, 0.3) is 0 Å². The van der Waals surface area contributed by atoms with Gasteiger partial charge in [0.15, 0.2) is 0 Å². The Bertz CT molecular complexity index is 639. The number of aromatic nitrogens is 1. The van der Waals surface area contributed by atoms with Gasteiger partial charge in [0.1, 0.15) is 15.7 Å². The van der Waals surface area contributed by atoms with Crippen LogP contribution in [0, 0.1) is 0 Å². The number of benzene rings is 1. The quantitative estimate of drug-likeness (QED) is 0.887. The SMILES string of the molecule is CCC(NS(=O)(=O)c1ccccc1O)c1nccs1. The summed E-state index contributed by atoms with van der Waals surface area (Å²) < 4.78 is 27.0. The van der Waals surface area contributed by atoms with Crippen LogP contribution in [0.3, 0.4) is 0 Å². The number of rotatable bonds is 5. The Morgan fingerprint density at radius 2 is 2.16 bits per heavy atom. The molecule has 2 aromatic rings. The van der Waals surface area contributed by atoms with Crippen LogP contribution in [0.1, 0.15) is 24.4 Å². The molecule has 7 heteroatoms. The lowest BCUT2D eigenvalue weighted by atomic mass is 10.3. The molecule has 1 unspecified atom stereocenters. The van der Waals surface area contributed by atoms with Crippen molar-refractivity contribution in [2.75, 3.05) is 0 Å². The second kappa shape index (κ2) is 5.68. The van der Waals surface area contributed by atoms with E-state index in [-0.39, 0.29) is 16.7 Å². The number of phenolic OH excluding ortho intramolecular Hbond substituents is 1. The minimum atomic E-state index is -3.76. The number of nitrogens with one attached hydrogen (secondary N) is 1. The average molecular weight is 298 g/mol. The van der Waals surface area contributed by atoms with E-state index in [0.29, 0.717) is 11.4 Å². The molecule has 0 spiro atoms. The molecule has 0 aliphatic rings. The predicted molar refractivity (Wildman–Crippen MR) is 73.6 cm³/mol. The first-order valence-electron chi connectivity index (χ1n) is 5.74. The van der Waals surface area contributed by atoms with E-state index in [9.17, 15) is 13.5 Å². The largest absolute Gasteiger partial charge is 0.507 e. The van der Waals surface area contributed by atoms with E-state index in [1.54, 1.807) is 23.7 Å². The fraction of sp³-hybridized carbons (Fsp3) is 0.250. The van der Waals surface area contributed by atoms with Gasteiger partial charge in [-0.15, -0.1) is 11.3 Å².